The van der Waals surface area contributed by atoms with Gasteiger partial charge in [0, 0.05) is 12.8 Å². The summed E-state index contributed by atoms with van der Waals surface area (Å²) >= 11 is 0. The Morgan fingerprint density at radius 1 is 0.400 bits per heavy atom. The van der Waals surface area contributed by atoms with Gasteiger partial charge in [-0.05, 0) is 89.9 Å². The fourth-order valence-electron chi connectivity index (χ4n) is 9.31. The van der Waals surface area contributed by atoms with Crippen LogP contribution < -0.4 is 0 Å². The maximum atomic E-state index is 12.9. The van der Waals surface area contributed by atoms with Crippen LogP contribution in [0.4, 0.5) is 0 Å². The highest BCUT2D eigenvalue weighted by molar-refractivity contribution is 7.47. The van der Waals surface area contributed by atoms with E-state index < -0.39 is 26.5 Å². The predicted octanol–water partition coefficient (Wildman–Crippen LogP) is 21.4. The Hall–Kier alpha value is -2.81. The van der Waals surface area contributed by atoms with E-state index in [1.807, 2.05) is 21.1 Å². The predicted molar refractivity (Wildman–Crippen MR) is 344 cm³/mol. The van der Waals surface area contributed by atoms with Crippen molar-refractivity contribution in [2.45, 2.75) is 302 Å². The zero-order valence-electron chi connectivity index (χ0n) is 52.8. The molecule has 0 aromatic carbocycles. The number of rotatable bonds is 61. The third-order valence-corrected chi connectivity index (χ3v) is 15.4. The number of allylic oxidation sites excluding steroid dienone is 14. The third-order valence-electron chi connectivity index (χ3n) is 14.4. The number of nitrogens with zero attached hydrogens (tertiary/aromatic N) is 1. The summed E-state index contributed by atoms with van der Waals surface area (Å²) in [4.78, 5) is 35.8. The van der Waals surface area contributed by atoms with Crippen molar-refractivity contribution in [2.24, 2.45) is 0 Å². The Morgan fingerprint density at radius 2 is 0.713 bits per heavy atom. The van der Waals surface area contributed by atoms with Gasteiger partial charge in [-0.15, -0.1) is 0 Å². The number of ether oxygens (including phenoxy) is 2. The molecule has 0 aliphatic rings. The molecule has 80 heavy (non-hydrogen) atoms. The van der Waals surface area contributed by atoms with Gasteiger partial charge in [0.05, 0.1) is 27.7 Å². The van der Waals surface area contributed by atoms with Crippen LogP contribution in [0, 0.1) is 0 Å². The molecule has 10 heteroatoms. The zero-order valence-corrected chi connectivity index (χ0v) is 53.7. The summed E-state index contributed by atoms with van der Waals surface area (Å²) in [5.74, 6) is -0.797. The third kappa shape index (κ3) is 64.4. The Bertz CT molecular complexity index is 1630. The fourth-order valence-corrected chi connectivity index (χ4v) is 10.1. The first-order valence-electron chi connectivity index (χ1n) is 33.3. The smallest absolute Gasteiger partial charge is 0.462 e. The topological polar surface area (TPSA) is 108 Å². The maximum absolute atomic E-state index is 12.9. The van der Waals surface area contributed by atoms with Crippen molar-refractivity contribution in [3.8, 4) is 0 Å². The molecule has 0 radical (unpaired) electrons. The molecule has 1 N–H and O–H groups in total. The summed E-state index contributed by atoms with van der Waals surface area (Å²) in [6, 6.07) is 0. The summed E-state index contributed by atoms with van der Waals surface area (Å²) in [7, 11) is 1.48. The van der Waals surface area contributed by atoms with Crippen molar-refractivity contribution < 1.29 is 42.1 Å². The maximum Gasteiger partial charge on any atom is 0.472 e. The highest BCUT2D eigenvalue weighted by atomic mass is 31.2. The molecule has 9 nitrogen and oxygen atoms in total. The van der Waals surface area contributed by atoms with Crippen molar-refractivity contribution in [3.63, 3.8) is 0 Å². The Morgan fingerprint density at radius 3 is 1.06 bits per heavy atom. The normalized spacial score (nSPS) is 13.7. The Balaban J connectivity index is 4.05. The molecule has 0 spiro atoms. The van der Waals surface area contributed by atoms with Gasteiger partial charge in [0.25, 0.3) is 0 Å². The molecule has 0 rings (SSSR count). The number of unbranched alkanes of at least 4 members (excludes halogenated alkanes) is 33. The molecule has 0 aliphatic heterocycles. The second-order valence-electron chi connectivity index (χ2n) is 23.5. The van der Waals surface area contributed by atoms with Crippen molar-refractivity contribution in [1.82, 2.24) is 0 Å². The first kappa shape index (κ1) is 77.2. The van der Waals surface area contributed by atoms with Gasteiger partial charge in [-0.25, -0.2) is 4.57 Å². The molecule has 2 unspecified atom stereocenters. The lowest BCUT2D eigenvalue weighted by Gasteiger charge is -2.24. The quantitative estimate of drug-likeness (QED) is 0.0211. The highest BCUT2D eigenvalue weighted by Gasteiger charge is 2.27. The van der Waals surface area contributed by atoms with E-state index in [4.69, 9.17) is 18.5 Å². The van der Waals surface area contributed by atoms with Gasteiger partial charge in [-0.2, -0.15) is 0 Å². The lowest BCUT2D eigenvalue weighted by Crippen LogP contribution is -2.37. The van der Waals surface area contributed by atoms with Crippen LogP contribution in [-0.2, 0) is 32.7 Å². The van der Waals surface area contributed by atoms with Gasteiger partial charge in [0.2, 0.25) is 0 Å². The number of carbonyl (C=O) groups excluding carboxylic acids is 2. The zero-order chi connectivity index (χ0) is 58.4. The number of phosphoric acid groups is 1. The molecule has 464 valence electrons. The molecule has 0 amide bonds. The molecule has 0 saturated heterocycles. The number of phosphoric ester groups is 1. The van der Waals surface area contributed by atoms with Crippen LogP contribution in [-0.4, -0.2) is 74.9 Å². The van der Waals surface area contributed by atoms with Crippen molar-refractivity contribution in [1.29, 1.82) is 0 Å². The number of carbonyl (C=O) groups is 2. The fraction of sp³-hybridized carbons (Fsp3) is 0.771. The molecule has 0 heterocycles. The van der Waals surface area contributed by atoms with Crippen LogP contribution in [0.5, 0.6) is 0 Å². The molecule has 0 aliphatic carbocycles. The minimum absolute atomic E-state index is 0.0289. The van der Waals surface area contributed by atoms with E-state index in [9.17, 15) is 19.0 Å². The molecular formula is C70H127NO8P+. The van der Waals surface area contributed by atoms with Crippen LogP contribution in [0.25, 0.3) is 0 Å². The number of quaternary nitrogens is 1. The monoisotopic (exact) mass is 1140 g/mol. The molecular weight excluding hydrogens is 1010 g/mol. The molecule has 0 aromatic rings. The van der Waals surface area contributed by atoms with Gasteiger partial charge >= 0.3 is 19.8 Å². The molecule has 0 aromatic heterocycles. The van der Waals surface area contributed by atoms with Gasteiger partial charge in [-0.3, -0.25) is 18.6 Å². The summed E-state index contributed by atoms with van der Waals surface area (Å²) in [6.45, 7) is 4.33. The molecule has 0 saturated carbocycles. The van der Waals surface area contributed by atoms with Gasteiger partial charge in [0.1, 0.15) is 19.8 Å². The number of esters is 2. The van der Waals surface area contributed by atoms with Crippen molar-refractivity contribution >= 4 is 19.8 Å². The average Bonchev–Trinajstić information content (AvgIpc) is 3.42. The van der Waals surface area contributed by atoms with E-state index >= 15 is 0 Å². The lowest BCUT2D eigenvalue weighted by molar-refractivity contribution is -0.870. The van der Waals surface area contributed by atoms with Crippen LogP contribution in [0.15, 0.2) is 85.1 Å². The Kier molecular flexibility index (Phi) is 58.6. The SMILES string of the molecule is CC/C=C\C/C=C\C/C=C\C/C=C\CCCCCCCCCCCCCCCCCCCCCCC(=O)OC(COC(=O)CCCCCCCCCC/C=C\C/C=C\C/C=C\CCCCCCC)COP(=O)(O)OCC[N+](C)(C)C. The summed E-state index contributed by atoms with van der Waals surface area (Å²) in [5, 5.41) is 0. The Labute approximate surface area is 494 Å². The standard InChI is InChI=1S/C70H126NO8P/c1-6-8-10-12-14-16-18-20-22-24-26-28-30-31-32-33-34-35-36-37-38-39-41-43-45-47-49-51-53-55-57-59-61-63-70(73)79-68(67-78-80(74,75)77-65-64-71(3,4)5)66-76-69(72)62-60-58-56-54-52-50-48-46-44-42-40-29-27-25-23-21-19-17-15-13-11-9-7-2/h8,10,14,16,19-22,25-28,40,42,68H,6-7,9,11-13,15,17-18,23-24,29-39,41,43-67H2,1-5H3/p+1/b10-8-,16-14-,21-19-,22-20-,27-25-,28-26-,42-40-. The van der Waals surface area contributed by atoms with Crippen LogP contribution in [0.1, 0.15) is 296 Å². The summed E-state index contributed by atoms with van der Waals surface area (Å²) in [5.41, 5.74) is 0. The van der Waals surface area contributed by atoms with Crippen LogP contribution >= 0.6 is 7.82 Å². The van der Waals surface area contributed by atoms with E-state index in [1.54, 1.807) is 0 Å². The van der Waals surface area contributed by atoms with Gasteiger partial charge in [-0.1, -0.05) is 279 Å². The van der Waals surface area contributed by atoms with E-state index in [-0.39, 0.29) is 32.0 Å². The largest absolute Gasteiger partial charge is 0.472 e. The van der Waals surface area contributed by atoms with E-state index in [0.29, 0.717) is 17.4 Å². The minimum atomic E-state index is -4.39. The summed E-state index contributed by atoms with van der Waals surface area (Å²) < 4.78 is 34.7. The molecule has 0 fully saturated rings. The minimum Gasteiger partial charge on any atom is -0.462 e. The summed E-state index contributed by atoms with van der Waals surface area (Å²) in [6.07, 6.45) is 82.5. The first-order valence-corrected chi connectivity index (χ1v) is 34.8. The van der Waals surface area contributed by atoms with Gasteiger partial charge in [0.15, 0.2) is 6.10 Å². The second-order valence-corrected chi connectivity index (χ2v) is 24.9. The lowest BCUT2D eigenvalue weighted by atomic mass is 10.0. The molecule has 2 atom stereocenters. The second kappa shape index (κ2) is 60.8. The van der Waals surface area contributed by atoms with Gasteiger partial charge < -0.3 is 18.9 Å². The number of hydrogen-bond donors (Lipinski definition) is 1. The number of likely N-dealkylation sites (N-methyl/N-ethyl adjacent to an activating group) is 1. The first-order chi connectivity index (χ1) is 39.0. The van der Waals surface area contributed by atoms with E-state index in [0.717, 1.165) is 83.5 Å². The highest BCUT2D eigenvalue weighted by Crippen LogP contribution is 2.43. The van der Waals surface area contributed by atoms with E-state index in [1.165, 1.54) is 180 Å². The van der Waals surface area contributed by atoms with Crippen molar-refractivity contribution in [3.05, 3.63) is 85.1 Å². The number of hydrogen-bond acceptors (Lipinski definition) is 7. The van der Waals surface area contributed by atoms with Crippen LogP contribution in [0.3, 0.4) is 0 Å². The average molecular weight is 1140 g/mol. The molecule has 0 bridgehead atoms. The van der Waals surface area contributed by atoms with Crippen LogP contribution in [0.2, 0.25) is 0 Å². The van der Waals surface area contributed by atoms with Crippen molar-refractivity contribution in [2.75, 3.05) is 47.5 Å². The van der Waals surface area contributed by atoms with E-state index in [2.05, 4.69) is 98.9 Å².